The summed E-state index contributed by atoms with van der Waals surface area (Å²) in [7, 11) is 1.86. The Morgan fingerprint density at radius 1 is 1.67 bits per heavy atom. The van der Waals surface area contributed by atoms with E-state index in [1.807, 2.05) is 20.0 Å². The molecule has 66 valence electrons. The minimum Gasteiger partial charge on any atom is -0.306 e. The highest BCUT2D eigenvalue weighted by molar-refractivity contribution is 4.84. The Labute approximate surface area is 72.3 Å². The second-order valence-electron chi connectivity index (χ2n) is 2.53. The molecular formula is C8H14N4. The van der Waals surface area contributed by atoms with Crippen LogP contribution in [0.4, 0.5) is 0 Å². The van der Waals surface area contributed by atoms with Crippen LogP contribution in [0.15, 0.2) is 18.5 Å². The number of hydrogen-bond acceptors (Lipinski definition) is 3. The van der Waals surface area contributed by atoms with Crippen molar-refractivity contribution in [3.05, 3.63) is 24.3 Å². The van der Waals surface area contributed by atoms with Crippen molar-refractivity contribution in [2.75, 3.05) is 6.54 Å². The lowest BCUT2D eigenvalue weighted by molar-refractivity contribution is 0.687. The molecule has 12 heavy (non-hydrogen) atoms. The fourth-order valence-corrected chi connectivity index (χ4v) is 0.850. The van der Waals surface area contributed by atoms with Gasteiger partial charge >= 0.3 is 0 Å². The van der Waals surface area contributed by atoms with Gasteiger partial charge < -0.3 is 5.32 Å². The van der Waals surface area contributed by atoms with Gasteiger partial charge in [0, 0.05) is 13.6 Å². The summed E-state index contributed by atoms with van der Waals surface area (Å²) in [5.74, 6) is 0.835. The second-order valence-corrected chi connectivity index (χ2v) is 2.53. The molecule has 0 amide bonds. The Kier molecular flexibility index (Phi) is 3.47. The van der Waals surface area contributed by atoms with E-state index in [-0.39, 0.29) is 0 Å². The summed E-state index contributed by atoms with van der Waals surface area (Å²) in [5.41, 5.74) is 0. The molecule has 0 aliphatic rings. The van der Waals surface area contributed by atoms with Crippen molar-refractivity contribution in [1.29, 1.82) is 0 Å². The predicted molar refractivity (Wildman–Crippen MR) is 47.5 cm³/mol. The highest BCUT2D eigenvalue weighted by atomic mass is 15.3. The molecule has 4 heteroatoms. The zero-order valence-corrected chi connectivity index (χ0v) is 7.49. The first kappa shape index (κ1) is 8.93. The average molecular weight is 166 g/mol. The Bertz CT molecular complexity index is 251. The molecule has 0 saturated carbocycles. The summed E-state index contributed by atoms with van der Waals surface area (Å²) in [6.45, 7) is 3.60. The molecule has 0 unspecified atom stereocenters. The first-order valence-electron chi connectivity index (χ1n) is 3.99. The Balaban J connectivity index is 2.24. The lowest BCUT2D eigenvalue weighted by atomic mass is 10.5. The van der Waals surface area contributed by atoms with E-state index < -0.39 is 0 Å². The Morgan fingerprint density at radius 2 is 2.50 bits per heavy atom. The first-order chi connectivity index (χ1) is 5.83. The third-order valence-electron chi connectivity index (χ3n) is 1.43. The molecule has 0 aliphatic carbocycles. The van der Waals surface area contributed by atoms with E-state index in [0.717, 1.165) is 18.9 Å². The summed E-state index contributed by atoms with van der Waals surface area (Å²) in [5, 5.41) is 7.32. The fraction of sp³-hybridized carbons (Fsp3) is 0.500. The second kappa shape index (κ2) is 4.66. The topological polar surface area (TPSA) is 42.7 Å². The number of nitrogens with zero attached hydrogens (tertiary/aromatic N) is 3. The standard InChI is InChI=1S/C8H14N4/c1-3-4-5-9-6-8-10-7-12(2)11-8/h3-4,7,9H,5-6H2,1-2H3/b4-3+. The largest absolute Gasteiger partial charge is 0.306 e. The predicted octanol–water partition coefficient (Wildman–Crippen LogP) is 0.481. The number of allylic oxidation sites excluding steroid dienone is 1. The molecule has 0 atom stereocenters. The summed E-state index contributed by atoms with van der Waals surface area (Å²) >= 11 is 0. The monoisotopic (exact) mass is 166 g/mol. The van der Waals surface area contributed by atoms with Crippen LogP contribution in [0.5, 0.6) is 0 Å². The molecular weight excluding hydrogens is 152 g/mol. The molecule has 0 saturated heterocycles. The van der Waals surface area contributed by atoms with Gasteiger partial charge in [-0.15, -0.1) is 0 Å². The van der Waals surface area contributed by atoms with Gasteiger partial charge in [0.1, 0.15) is 6.33 Å². The quantitative estimate of drug-likeness (QED) is 0.522. The molecule has 1 aromatic rings. The van der Waals surface area contributed by atoms with Gasteiger partial charge in [0.15, 0.2) is 5.82 Å². The lowest BCUT2D eigenvalue weighted by Gasteiger charge is -1.94. The van der Waals surface area contributed by atoms with Crippen molar-refractivity contribution in [3.8, 4) is 0 Å². The number of aryl methyl sites for hydroxylation is 1. The van der Waals surface area contributed by atoms with Crippen molar-refractivity contribution in [2.45, 2.75) is 13.5 Å². The minimum absolute atomic E-state index is 0.727. The zero-order chi connectivity index (χ0) is 8.81. The van der Waals surface area contributed by atoms with E-state index >= 15 is 0 Å². The molecule has 1 heterocycles. The van der Waals surface area contributed by atoms with Crippen LogP contribution in [0.2, 0.25) is 0 Å². The van der Waals surface area contributed by atoms with Gasteiger partial charge in [-0.1, -0.05) is 12.2 Å². The van der Waals surface area contributed by atoms with Gasteiger partial charge in [-0.05, 0) is 6.92 Å². The molecule has 1 rings (SSSR count). The van der Waals surface area contributed by atoms with Gasteiger partial charge in [-0.3, -0.25) is 4.68 Å². The molecule has 0 aliphatic heterocycles. The van der Waals surface area contributed by atoms with Crippen LogP contribution in [0.25, 0.3) is 0 Å². The summed E-state index contributed by atoms with van der Waals surface area (Å²) < 4.78 is 1.70. The maximum atomic E-state index is 4.13. The van der Waals surface area contributed by atoms with Crippen molar-refractivity contribution >= 4 is 0 Å². The first-order valence-corrected chi connectivity index (χ1v) is 3.99. The van der Waals surface area contributed by atoms with Crippen LogP contribution in [0.3, 0.4) is 0 Å². The van der Waals surface area contributed by atoms with E-state index in [9.17, 15) is 0 Å². The van der Waals surface area contributed by atoms with Crippen molar-refractivity contribution in [2.24, 2.45) is 7.05 Å². The summed E-state index contributed by atoms with van der Waals surface area (Å²) in [6.07, 6.45) is 5.77. The van der Waals surface area contributed by atoms with Crippen molar-refractivity contribution in [1.82, 2.24) is 20.1 Å². The number of nitrogens with one attached hydrogen (secondary N) is 1. The number of hydrogen-bond donors (Lipinski definition) is 1. The van der Waals surface area contributed by atoms with E-state index in [2.05, 4.69) is 21.5 Å². The smallest absolute Gasteiger partial charge is 0.164 e. The summed E-state index contributed by atoms with van der Waals surface area (Å²) in [6, 6.07) is 0. The summed E-state index contributed by atoms with van der Waals surface area (Å²) in [4.78, 5) is 4.08. The normalized spacial score (nSPS) is 11.2. The molecule has 0 aromatic carbocycles. The molecule has 1 N–H and O–H groups in total. The van der Waals surface area contributed by atoms with Crippen LogP contribution in [-0.2, 0) is 13.6 Å². The van der Waals surface area contributed by atoms with E-state index in [0.29, 0.717) is 0 Å². The minimum atomic E-state index is 0.727. The molecule has 0 spiro atoms. The molecule has 0 radical (unpaired) electrons. The molecule has 4 nitrogen and oxygen atoms in total. The maximum Gasteiger partial charge on any atom is 0.164 e. The van der Waals surface area contributed by atoms with Crippen LogP contribution >= 0.6 is 0 Å². The third kappa shape index (κ3) is 2.84. The zero-order valence-electron chi connectivity index (χ0n) is 7.49. The van der Waals surface area contributed by atoms with Gasteiger partial charge in [0.25, 0.3) is 0 Å². The van der Waals surface area contributed by atoms with Gasteiger partial charge in [0.05, 0.1) is 6.54 Å². The highest BCUT2D eigenvalue weighted by Crippen LogP contribution is 1.85. The van der Waals surface area contributed by atoms with E-state index in [1.54, 1.807) is 11.0 Å². The number of aromatic nitrogens is 3. The molecule has 0 fully saturated rings. The van der Waals surface area contributed by atoms with Gasteiger partial charge in [-0.25, -0.2) is 4.98 Å². The van der Waals surface area contributed by atoms with E-state index in [1.165, 1.54) is 0 Å². The number of rotatable bonds is 4. The highest BCUT2D eigenvalue weighted by Gasteiger charge is 1.94. The van der Waals surface area contributed by atoms with Crippen LogP contribution < -0.4 is 5.32 Å². The van der Waals surface area contributed by atoms with Gasteiger partial charge in [-0.2, -0.15) is 5.10 Å². The van der Waals surface area contributed by atoms with Crippen molar-refractivity contribution in [3.63, 3.8) is 0 Å². The fourth-order valence-electron chi connectivity index (χ4n) is 0.850. The van der Waals surface area contributed by atoms with Gasteiger partial charge in [0.2, 0.25) is 0 Å². The average Bonchev–Trinajstić information content (AvgIpc) is 2.45. The van der Waals surface area contributed by atoms with E-state index in [4.69, 9.17) is 0 Å². The Morgan fingerprint density at radius 3 is 3.08 bits per heavy atom. The third-order valence-corrected chi connectivity index (χ3v) is 1.43. The lowest BCUT2D eigenvalue weighted by Crippen LogP contribution is -2.14. The van der Waals surface area contributed by atoms with Crippen LogP contribution in [-0.4, -0.2) is 21.3 Å². The van der Waals surface area contributed by atoms with Crippen molar-refractivity contribution < 1.29 is 0 Å². The molecule has 1 aromatic heterocycles. The maximum absolute atomic E-state index is 4.13. The Hall–Kier alpha value is -1.16. The van der Waals surface area contributed by atoms with Crippen LogP contribution in [0.1, 0.15) is 12.7 Å². The molecule has 0 bridgehead atoms. The van der Waals surface area contributed by atoms with Crippen LogP contribution in [0, 0.1) is 0 Å². The SMILES string of the molecule is C/C=C/CNCc1ncn(C)n1.